The number of ether oxygens (including phenoxy) is 2. The second-order valence-corrected chi connectivity index (χ2v) is 6.45. The predicted octanol–water partition coefficient (Wildman–Crippen LogP) is 2.92. The van der Waals surface area contributed by atoms with E-state index in [1.54, 1.807) is 32.1 Å². The Kier molecular flexibility index (Phi) is 6.20. The molecule has 0 aliphatic carbocycles. The first kappa shape index (κ1) is 17.5. The molecule has 0 spiro atoms. The van der Waals surface area contributed by atoms with Gasteiger partial charge in [0.25, 0.3) is 0 Å². The minimum absolute atomic E-state index is 0.401. The van der Waals surface area contributed by atoms with Crippen LogP contribution in [0.2, 0.25) is 0 Å². The Hall–Kier alpha value is -1.56. The number of hydrogen-bond donors (Lipinski definition) is 1. The van der Waals surface area contributed by atoms with Crippen LogP contribution in [0.25, 0.3) is 0 Å². The van der Waals surface area contributed by atoms with E-state index < -0.39 is 23.7 Å². The first-order valence-electron chi connectivity index (χ1n) is 6.88. The number of methoxy groups -OCH3 is 1. The van der Waals surface area contributed by atoms with Crippen molar-refractivity contribution in [2.75, 3.05) is 7.11 Å². The second kappa shape index (κ2) is 7.45. The first-order valence-corrected chi connectivity index (χ1v) is 7.82. The van der Waals surface area contributed by atoms with E-state index in [1.807, 2.05) is 5.38 Å². The van der Waals surface area contributed by atoms with Crippen LogP contribution in [0.15, 0.2) is 10.8 Å². The van der Waals surface area contributed by atoms with Gasteiger partial charge in [-0.05, 0) is 49.1 Å². The first-order chi connectivity index (χ1) is 9.76. The average Bonchev–Trinajstić information content (AvgIpc) is 2.82. The van der Waals surface area contributed by atoms with Crippen molar-refractivity contribution in [1.82, 2.24) is 5.32 Å². The lowest BCUT2D eigenvalue weighted by molar-refractivity contribution is -0.143. The molecular weight excluding hydrogens is 290 g/mol. The fourth-order valence-electron chi connectivity index (χ4n) is 1.84. The van der Waals surface area contributed by atoms with Crippen LogP contribution in [0.1, 0.15) is 38.8 Å². The minimum Gasteiger partial charge on any atom is -0.467 e. The van der Waals surface area contributed by atoms with E-state index in [0.29, 0.717) is 6.42 Å². The summed E-state index contributed by atoms with van der Waals surface area (Å²) in [5, 5.41) is 6.63. The van der Waals surface area contributed by atoms with Gasteiger partial charge in [-0.1, -0.05) is 6.92 Å². The van der Waals surface area contributed by atoms with E-state index >= 15 is 0 Å². The molecule has 0 aromatic carbocycles. The standard InChI is InChI=1S/C15H23NO4S/c1-6-10-8-21-9-11(10)7-12(13(17)19-5)16-14(18)20-15(2,3)4/h8-9,12H,6-7H2,1-5H3,(H,16,18). The number of aryl methyl sites for hydroxylation is 1. The van der Waals surface area contributed by atoms with E-state index in [-0.39, 0.29) is 0 Å². The van der Waals surface area contributed by atoms with Gasteiger partial charge in [-0.25, -0.2) is 9.59 Å². The lowest BCUT2D eigenvalue weighted by atomic mass is 10.0. The summed E-state index contributed by atoms with van der Waals surface area (Å²) in [5.74, 6) is -0.478. The molecule has 0 bridgehead atoms. The number of rotatable bonds is 5. The number of amides is 1. The molecule has 1 atom stereocenters. The van der Waals surface area contributed by atoms with Crippen molar-refractivity contribution in [2.45, 2.75) is 52.2 Å². The zero-order valence-electron chi connectivity index (χ0n) is 13.2. The molecule has 0 saturated carbocycles. The van der Waals surface area contributed by atoms with Crippen LogP contribution >= 0.6 is 11.3 Å². The van der Waals surface area contributed by atoms with Crippen molar-refractivity contribution in [3.8, 4) is 0 Å². The largest absolute Gasteiger partial charge is 0.467 e. The molecule has 1 unspecified atom stereocenters. The van der Waals surface area contributed by atoms with Crippen molar-refractivity contribution in [3.05, 3.63) is 21.9 Å². The summed E-state index contributed by atoms with van der Waals surface area (Å²) in [7, 11) is 1.31. The van der Waals surface area contributed by atoms with Crippen LogP contribution in [-0.4, -0.2) is 30.8 Å². The number of esters is 1. The molecule has 1 aromatic heterocycles. The molecule has 0 aliphatic rings. The maximum absolute atomic E-state index is 11.8. The Morgan fingerprint density at radius 3 is 2.43 bits per heavy atom. The number of nitrogens with one attached hydrogen (secondary N) is 1. The average molecular weight is 313 g/mol. The van der Waals surface area contributed by atoms with E-state index in [2.05, 4.69) is 17.6 Å². The Morgan fingerprint density at radius 1 is 1.29 bits per heavy atom. The highest BCUT2D eigenvalue weighted by molar-refractivity contribution is 7.08. The smallest absolute Gasteiger partial charge is 0.408 e. The molecule has 0 fully saturated rings. The monoisotopic (exact) mass is 313 g/mol. The van der Waals surface area contributed by atoms with Crippen LogP contribution in [0.3, 0.4) is 0 Å². The third-order valence-electron chi connectivity index (χ3n) is 2.81. The summed E-state index contributed by atoms with van der Waals surface area (Å²) in [4.78, 5) is 23.7. The summed E-state index contributed by atoms with van der Waals surface area (Å²) >= 11 is 1.58. The van der Waals surface area contributed by atoms with Gasteiger partial charge in [0.2, 0.25) is 0 Å². The third-order valence-corrected chi connectivity index (χ3v) is 3.66. The molecule has 21 heavy (non-hydrogen) atoms. The fraction of sp³-hybridized carbons (Fsp3) is 0.600. The number of thiophene rings is 1. The van der Waals surface area contributed by atoms with E-state index in [1.165, 1.54) is 12.7 Å². The van der Waals surface area contributed by atoms with E-state index in [0.717, 1.165) is 12.0 Å². The van der Waals surface area contributed by atoms with Crippen LogP contribution in [-0.2, 0) is 27.1 Å². The molecular formula is C15H23NO4S. The van der Waals surface area contributed by atoms with Crippen LogP contribution in [0.5, 0.6) is 0 Å². The molecule has 1 aromatic rings. The van der Waals surface area contributed by atoms with E-state index in [4.69, 9.17) is 9.47 Å². The van der Waals surface area contributed by atoms with Crippen LogP contribution < -0.4 is 5.32 Å². The summed E-state index contributed by atoms with van der Waals surface area (Å²) in [6, 6.07) is -0.746. The topological polar surface area (TPSA) is 64.6 Å². The molecule has 1 rings (SSSR count). The van der Waals surface area contributed by atoms with Crippen LogP contribution in [0, 0.1) is 0 Å². The SMILES string of the molecule is CCc1cscc1CC(NC(=O)OC(C)(C)C)C(=O)OC. The Morgan fingerprint density at radius 2 is 1.90 bits per heavy atom. The summed E-state index contributed by atoms with van der Waals surface area (Å²) in [5.41, 5.74) is 1.62. The quantitative estimate of drug-likeness (QED) is 0.849. The molecule has 6 heteroatoms. The predicted molar refractivity (Wildman–Crippen MR) is 82.6 cm³/mol. The Labute approximate surface area is 129 Å². The maximum Gasteiger partial charge on any atom is 0.408 e. The molecule has 1 N–H and O–H groups in total. The highest BCUT2D eigenvalue weighted by Gasteiger charge is 2.26. The minimum atomic E-state index is -0.746. The molecule has 1 amide bonds. The molecule has 0 radical (unpaired) electrons. The van der Waals surface area contributed by atoms with E-state index in [9.17, 15) is 9.59 Å². The zero-order valence-corrected chi connectivity index (χ0v) is 14.0. The van der Waals surface area contributed by atoms with Crippen molar-refractivity contribution in [2.24, 2.45) is 0 Å². The van der Waals surface area contributed by atoms with Gasteiger partial charge in [0.1, 0.15) is 11.6 Å². The summed E-state index contributed by atoms with van der Waals surface area (Å²) in [6.45, 7) is 7.37. The molecule has 1 heterocycles. The normalized spacial score (nSPS) is 12.6. The zero-order chi connectivity index (χ0) is 16.0. The molecule has 0 saturated heterocycles. The second-order valence-electron chi connectivity index (χ2n) is 5.70. The maximum atomic E-state index is 11.8. The fourth-order valence-corrected chi connectivity index (χ4v) is 2.81. The third kappa shape index (κ3) is 5.75. The lowest BCUT2D eigenvalue weighted by Gasteiger charge is -2.22. The molecule has 118 valence electrons. The van der Waals surface area contributed by atoms with Gasteiger partial charge in [0.15, 0.2) is 0 Å². The van der Waals surface area contributed by atoms with Gasteiger partial charge >= 0.3 is 12.1 Å². The van der Waals surface area contributed by atoms with Gasteiger partial charge in [-0.3, -0.25) is 0 Å². The van der Waals surface area contributed by atoms with Gasteiger partial charge in [0, 0.05) is 6.42 Å². The number of alkyl carbamates (subject to hydrolysis) is 1. The molecule has 5 nitrogen and oxygen atoms in total. The summed E-state index contributed by atoms with van der Waals surface area (Å²) in [6.07, 6.45) is 0.670. The Balaban J connectivity index is 2.77. The summed E-state index contributed by atoms with van der Waals surface area (Å²) < 4.78 is 9.94. The number of carbonyl (C=O) groups is 2. The van der Waals surface area contributed by atoms with Gasteiger partial charge in [-0.2, -0.15) is 11.3 Å². The van der Waals surface area contributed by atoms with Gasteiger partial charge in [0.05, 0.1) is 7.11 Å². The molecule has 0 aliphatic heterocycles. The van der Waals surface area contributed by atoms with Gasteiger partial charge < -0.3 is 14.8 Å². The number of hydrogen-bond acceptors (Lipinski definition) is 5. The van der Waals surface area contributed by atoms with Crippen molar-refractivity contribution in [3.63, 3.8) is 0 Å². The highest BCUT2D eigenvalue weighted by Crippen LogP contribution is 2.18. The van der Waals surface area contributed by atoms with Gasteiger partial charge in [-0.15, -0.1) is 0 Å². The van der Waals surface area contributed by atoms with Crippen molar-refractivity contribution in [1.29, 1.82) is 0 Å². The number of carbonyl (C=O) groups excluding carboxylic acids is 2. The lowest BCUT2D eigenvalue weighted by Crippen LogP contribution is -2.45. The van der Waals surface area contributed by atoms with Crippen LogP contribution in [0.4, 0.5) is 4.79 Å². The highest BCUT2D eigenvalue weighted by atomic mass is 32.1. The Bertz CT molecular complexity index is 490. The van der Waals surface area contributed by atoms with Crippen molar-refractivity contribution >= 4 is 23.4 Å². The van der Waals surface area contributed by atoms with Crippen molar-refractivity contribution < 1.29 is 19.1 Å².